The van der Waals surface area contributed by atoms with Gasteiger partial charge in [0.05, 0.1) is 4.92 Å². The molecule has 1 N–H and O–H groups in total. The highest BCUT2D eigenvalue weighted by Gasteiger charge is 2.19. The van der Waals surface area contributed by atoms with Crippen LogP contribution >= 0.6 is 15.9 Å². The molecule has 1 heterocycles. The molecule has 0 spiro atoms. The first-order valence-electron chi connectivity index (χ1n) is 5.95. The Morgan fingerprint density at radius 2 is 2.39 bits per heavy atom. The molecule has 0 aliphatic carbocycles. The smallest absolute Gasteiger partial charge is 0.270 e. The summed E-state index contributed by atoms with van der Waals surface area (Å²) >= 11 is 3.42. The zero-order valence-electron chi connectivity index (χ0n) is 10.2. The molecule has 18 heavy (non-hydrogen) atoms. The largest absolute Gasteiger partial charge is 0.314 e. The minimum Gasteiger partial charge on any atom is -0.314 e. The van der Waals surface area contributed by atoms with Crippen molar-refractivity contribution in [3.8, 4) is 0 Å². The van der Waals surface area contributed by atoms with Gasteiger partial charge in [-0.05, 0) is 18.6 Å². The maximum atomic E-state index is 10.7. The van der Waals surface area contributed by atoms with E-state index in [4.69, 9.17) is 0 Å². The third-order valence-electron chi connectivity index (χ3n) is 3.26. The number of nitrogens with zero attached hydrogens (tertiary/aromatic N) is 2. The van der Waals surface area contributed by atoms with Gasteiger partial charge in [-0.3, -0.25) is 15.0 Å². The first-order chi connectivity index (χ1) is 8.58. The fourth-order valence-corrected chi connectivity index (χ4v) is 2.61. The zero-order chi connectivity index (χ0) is 13.1. The molecule has 1 fully saturated rings. The number of rotatable bonds is 3. The average Bonchev–Trinajstić information content (AvgIpc) is 2.34. The summed E-state index contributed by atoms with van der Waals surface area (Å²) in [5.41, 5.74) is 1.22. The Morgan fingerprint density at radius 3 is 3.00 bits per heavy atom. The van der Waals surface area contributed by atoms with Crippen LogP contribution < -0.4 is 5.32 Å². The van der Waals surface area contributed by atoms with Crippen LogP contribution in [0.2, 0.25) is 0 Å². The lowest BCUT2D eigenvalue weighted by atomic mass is 10.1. The zero-order valence-corrected chi connectivity index (χ0v) is 11.8. The molecule has 98 valence electrons. The lowest BCUT2D eigenvalue weighted by Crippen LogP contribution is -2.49. The molecule has 5 nitrogen and oxygen atoms in total. The van der Waals surface area contributed by atoms with E-state index in [1.165, 1.54) is 0 Å². The number of nitrogens with one attached hydrogen (secondary N) is 1. The number of halogens is 1. The molecule has 1 aromatic rings. The summed E-state index contributed by atoms with van der Waals surface area (Å²) in [7, 11) is 0. The highest BCUT2D eigenvalue weighted by atomic mass is 79.9. The van der Waals surface area contributed by atoms with Crippen LogP contribution in [-0.4, -0.2) is 35.5 Å². The molecule has 6 heteroatoms. The van der Waals surface area contributed by atoms with Gasteiger partial charge < -0.3 is 5.32 Å². The van der Waals surface area contributed by atoms with Crippen molar-refractivity contribution in [2.24, 2.45) is 0 Å². The molecule has 1 unspecified atom stereocenters. The lowest BCUT2D eigenvalue weighted by molar-refractivity contribution is -0.384. The summed E-state index contributed by atoms with van der Waals surface area (Å²) in [6.45, 7) is 6.00. The van der Waals surface area contributed by atoms with Gasteiger partial charge >= 0.3 is 0 Å². The summed E-state index contributed by atoms with van der Waals surface area (Å²) in [6, 6.07) is 5.45. The van der Waals surface area contributed by atoms with Crippen LogP contribution in [0.5, 0.6) is 0 Å². The number of benzene rings is 1. The second-order valence-electron chi connectivity index (χ2n) is 4.56. The van der Waals surface area contributed by atoms with E-state index in [1.807, 2.05) is 6.07 Å². The van der Waals surface area contributed by atoms with Gasteiger partial charge in [0.2, 0.25) is 0 Å². The fourth-order valence-electron chi connectivity index (χ4n) is 2.11. The number of nitro benzene ring substituents is 1. The third kappa shape index (κ3) is 3.07. The minimum absolute atomic E-state index is 0.124. The summed E-state index contributed by atoms with van der Waals surface area (Å²) in [5.74, 6) is 0. The van der Waals surface area contributed by atoms with E-state index in [1.54, 1.807) is 12.1 Å². The van der Waals surface area contributed by atoms with Gasteiger partial charge in [-0.2, -0.15) is 0 Å². The summed E-state index contributed by atoms with van der Waals surface area (Å²) < 4.78 is 0.808. The number of nitro groups is 1. The lowest BCUT2D eigenvalue weighted by Gasteiger charge is -2.34. The maximum absolute atomic E-state index is 10.7. The molecule has 1 aliphatic rings. The number of hydrogen-bond acceptors (Lipinski definition) is 4. The SMILES string of the molecule is CC1CNCCN1Cc1ccc([N+](=O)[O-])cc1Br. The second-order valence-corrected chi connectivity index (χ2v) is 5.41. The Balaban J connectivity index is 2.11. The highest BCUT2D eigenvalue weighted by Crippen LogP contribution is 2.24. The standard InChI is InChI=1S/C12H16BrN3O2/c1-9-7-14-4-5-15(9)8-10-2-3-11(16(17)18)6-12(10)13/h2-3,6,9,14H,4-5,7-8H2,1H3. The predicted octanol–water partition coefficient (Wildman–Crippen LogP) is 2.15. The topological polar surface area (TPSA) is 58.4 Å². The first kappa shape index (κ1) is 13.5. The quantitative estimate of drug-likeness (QED) is 0.686. The van der Waals surface area contributed by atoms with Crippen molar-refractivity contribution in [1.82, 2.24) is 10.2 Å². The first-order valence-corrected chi connectivity index (χ1v) is 6.75. The van der Waals surface area contributed by atoms with Crippen molar-refractivity contribution in [3.63, 3.8) is 0 Å². The van der Waals surface area contributed by atoms with Crippen molar-refractivity contribution in [1.29, 1.82) is 0 Å². The van der Waals surface area contributed by atoms with Crippen molar-refractivity contribution in [3.05, 3.63) is 38.3 Å². The van der Waals surface area contributed by atoms with E-state index < -0.39 is 0 Å². The van der Waals surface area contributed by atoms with Gasteiger partial charge in [-0.25, -0.2) is 0 Å². The van der Waals surface area contributed by atoms with E-state index in [0.717, 1.165) is 36.2 Å². The van der Waals surface area contributed by atoms with Crippen LogP contribution in [0, 0.1) is 10.1 Å². The molecule has 1 aromatic carbocycles. The van der Waals surface area contributed by atoms with E-state index >= 15 is 0 Å². The second kappa shape index (κ2) is 5.77. The van der Waals surface area contributed by atoms with Crippen LogP contribution in [0.15, 0.2) is 22.7 Å². The minimum atomic E-state index is -0.373. The van der Waals surface area contributed by atoms with E-state index in [-0.39, 0.29) is 10.6 Å². The average molecular weight is 314 g/mol. The Kier molecular flexibility index (Phi) is 4.31. The van der Waals surface area contributed by atoms with Gasteiger partial charge in [-0.1, -0.05) is 15.9 Å². The van der Waals surface area contributed by atoms with Crippen molar-refractivity contribution >= 4 is 21.6 Å². The van der Waals surface area contributed by atoms with Gasteiger partial charge in [0.25, 0.3) is 5.69 Å². The van der Waals surface area contributed by atoms with Crippen LogP contribution in [0.25, 0.3) is 0 Å². The number of piperazine rings is 1. The van der Waals surface area contributed by atoms with Gasteiger partial charge in [0, 0.05) is 48.8 Å². The third-order valence-corrected chi connectivity index (χ3v) is 4.00. The summed E-state index contributed by atoms with van der Waals surface area (Å²) in [5, 5.41) is 14.0. The highest BCUT2D eigenvalue weighted by molar-refractivity contribution is 9.10. The normalized spacial score (nSPS) is 20.9. The molecule has 0 bridgehead atoms. The van der Waals surface area contributed by atoms with Crippen molar-refractivity contribution < 1.29 is 4.92 Å². The maximum Gasteiger partial charge on any atom is 0.270 e. The molecule has 0 amide bonds. The molecular formula is C12H16BrN3O2. The monoisotopic (exact) mass is 313 g/mol. The molecule has 0 saturated carbocycles. The molecule has 1 aliphatic heterocycles. The van der Waals surface area contributed by atoms with Crippen molar-refractivity contribution in [2.45, 2.75) is 19.5 Å². The molecule has 1 saturated heterocycles. The summed E-state index contributed by atoms with van der Waals surface area (Å²) in [4.78, 5) is 12.7. The van der Waals surface area contributed by atoms with Crippen LogP contribution in [0.4, 0.5) is 5.69 Å². The van der Waals surface area contributed by atoms with E-state index in [9.17, 15) is 10.1 Å². The fraction of sp³-hybridized carbons (Fsp3) is 0.500. The molecule has 2 rings (SSSR count). The van der Waals surface area contributed by atoms with Crippen molar-refractivity contribution in [2.75, 3.05) is 19.6 Å². The Labute approximate surface area is 114 Å². The summed E-state index contributed by atoms with van der Waals surface area (Å²) in [6.07, 6.45) is 0. The van der Waals surface area contributed by atoms with Gasteiger partial charge in [-0.15, -0.1) is 0 Å². The van der Waals surface area contributed by atoms with Crippen LogP contribution in [-0.2, 0) is 6.54 Å². The Hall–Kier alpha value is -0.980. The van der Waals surface area contributed by atoms with E-state index in [2.05, 4.69) is 33.1 Å². The van der Waals surface area contributed by atoms with Gasteiger partial charge in [0.1, 0.15) is 0 Å². The Bertz CT molecular complexity index is 453. The van der Waals surface area contributed by atoms with E-state index in [0.29, 0.717) is 6.04 Å². The van der Waals surface area contributed by atoms with Crippen LogP contribution in [0.1, 0.15) is 12.5 Å². The predicted molar refractivity (Wildman–Crippen MR) is 73.5 cm³/mol. The van der Waals surface area contributed by atoms with Crippen LogP contribution in [0.3, 0.4) is 0 Å². The molecule has 0 radical (unpaired) electrons. The Morgan fingerprint density at radius 1 is 1.61 bits per heavy atom. The molecular weight excluding hydrogens is 298 g/mol. The van der Waals surface area contributed by atoms with Gasteiger partial charge in [0.15, 0.2) is 0 Å². The number of hydrogen-bond donors (Lipinski definition) is 1. The molecule has 1 atom stereocenters. The molecule has 0 aromatic heterocycles. The number of non-ortho nitro benzene ring substituents is 1.